The first kappa shape index (κ1) is 26.0. The quantitative estimate of drug-likeness (QED) is 0.225. The van der Waals surface area contributed by atoms with Gasteiger partial charge in [-0.15, -0.1) is 11.3 Å². The molecule has 0 unspecified atom stereocenters. The van der Waals surface area contributed by atoms with Gasteiger partial charge >= 0.3 is 6.18 Å². The topological polar surface area (TPSA) is 104 Å². The van der Waals surface area contributed by atoms with E-state index in [-0.39, 0.29) is 12.6 Å². The van der Waals surface area contributed by atoms with Gasteiger partial charge in [0.1, 0.15) is 11.4 Å². The van der Waals surface area contributed by atoms with Crippen molar-refractivity contribution < 1.29 is 22.8 Å². The van der Waals surface area contributed by atoms with Crippen molar-refractivity contribution in [2.45, 2.75) is 39.0 Å². The summed E-state index contributed by atoms with van der Waals surface area (Å²) < 4.78 is 39.0. The molecule has 0 radical (unpaired) electrons. The Balaban J connectivity index is 0.00000342. The highest BCUT2D eigenvalue weighted by molar-refractivity contribution is 7.09. The lowest BCUT2D eigenvalue weighted by Gasteiger charge is -2.07. The average molecular weight is 504 g/mol. The smallest absolute Gasteiger partial charge is 0.389 e. The molecule has 184 valence electrons. The highest BCUT2D eigenvalue weighted by atomic mass is 32.1. The van der Waals surface area contributed by atoms with E-state index in [0.717, 1.165) is 27.5 Å². The molecule has 0 amide bonds. The highest BCUT2D eigenvalue weighted by Gasteiger charge is 2.27. The summed E-state index contributed by atoms with van der Waals surface area (Å²) in [7, 11) is 0. The lowest BCUT2D eigenvalue weighted by molar-refractivity contribution is -0.143. The molecule has 4 aromatic rings. The number of imidazole rings is 1. The number of carbonyl (C=O) groups is 1. The van der Waals surface area contributed by atoms with Crippen molar-refractivity contribution in [3.05, 3.63) is 76.0 Å². The fraction of sp³-hybridized carbons (Fsp3) is 0.250. The molecule has 3 N–H and O–H groups in total. The molecule has 0 atom stereocenters. The van der Waals surface area contributed by atoms with Crippen LogP contribution in [0.2, 0.25) is 0 Å². The van der Waals surface area contributed by atoms with E-state index >= 15 is 0 Å². The summed E-state index contributed by atoms with van der Waals surface area (Å²) in [5.41, 5.74) is 4.62. The fourth-order valence-electron chi connectivity index (χ4n) is 3.40. The molecular formula is C24H24F3N5O2S. The van der Waals surface area contributed by atoms with Gasteiger partial charge in [0.15, 0.2) is 6.61 Å². The minimum absolute atomic E-state index is 0. The Morgan fingerprint density at radius 1 is 1.26 bits per heavy atom. The third-order valence-electron chi connectivity index (χ3n) is 5.00. The van der Waals surface area contributed by atoms with Crippen molar-refractivity contribution in [1.29, 1.82) is 0 Å². The standard InChI is InChI=1S/C24H21F3N4O2S.H3N/c1-16-30-20(15-34-16)14-33-29-12-18-6-8-31-22(13-28-23(31)11-18)19-4-2-3-17(9-19)10-21(32)5-7-24(25,26)27;/h2-4,6,8-9,11-13,15H,5,7,10,14H2,1H3;1H3. The van der Waals surface area contributed by atoms with Gasteiger partial charge in [-0.1, -0.05) is 23.4 Å². The number of carbonyl (C=O) groups excluding carboxylic acids is 1. The Morgan fingerprint density at radius 2 is 2.09 bits per heavy atom. The van der Waals surface area contributed by atoms with Gasteiger partial charge in [-0.2, -0.15) is 13.2 Å². The number of rotatable bonds is 9. The minimum atomic E-state index is -4.33. The first-order chi connectivity index (χ1) is 16.3. The summed E-state index contributed by atoms with van der Waals surface area (Å²) in [4.78, 5) is 26.0. The number of oxime groups is 1. The molecule has 0 aliphatic carbocycles. The molecular weight excluding hydrogens is 479 g/mol. The van der Waals surface area contributed by atoms with Gasteiger partial charge in [-0.25, -0.2) is 9.97 Å². The van der Waals surface area contributed by atoms with Crippen LogP contribution in [0.4, 0.5) is 13.2 Å². The second-order valence-electron chi connectivity index (χ2n) is 7.73. The zero-order valence-corrected chi connectivity index (χ0v) is 19.8. The van der Waals surface area contributed by atoms with Crippen LogP contribution in [0.3, 0.4) is 0 Å². The Hall–Kier alpha value is -3.57. The number of alkyl halides is 3. The molecule has 11 heteroatoms. The summed E-state index contributed by atoms with van der Waals surface area (Å²) in [6, 6.07) is 10.9. The second-order valence-corrected chi connectivity index (χ2v) is 8.79. The number of fused-ring (bicyclic) bond motifs is 1. The summed E-state index contributed by atoms with van der Waals surface area (Å²) >= 11 is 1.56. The fourth-order valence-corrected chi connectivity index (χ4v) is 4.00. The lowest BCUT2D eigenvalue weighted by atomic mass is 10.0. The number of thiazole rings is 1. The van der Waals surface area contributed by atoms with E-state index in [1.54, 1.807) is 41.9 Å². The first-order valence-corrected chi connectivity index (χ1v) is 11.4. The number of hydrogen-bond acceptors (Lipinski definition) is 7. The van der Waals surface area contributed by atoms with E-state index in [1.165, 1.54) is 0 Å². The minimum Gasteiger partial charge on any atom is -0.389 e. The molecule has 0 bridgehead atoms. The van der Waals surface area contributed by atoms with Crippen LogP contribution in [0.1, 0.15) is 34.7 Å². The third kappa shape index (κ3) is 7.20. The number of Topliss-reactive ketones (excluding diaryl/α,β-unsaturated/α-hetero) is 1. The van der Waals surface area contributed by atoms with Gasteiger partial charge in [0, 0.05) is 35.5 Å². The maximum Gasteiger partial charge on any atom is 0.389 e. The van der Waals surface area contributed by atoms with Crippen LogP contribution in [0.5, 0.6) is 0 Å². The summed E-state index contributed by atoms with van der Waals surface area (Å²) in [6.45, 7) is 2.23. The van der Waals surface area contributed by atoms with E-state index in [0.29, 0.717) is 17.8 Å². The van der Waals surface area contributed by atoms with Crippen LogP contribution in [-0.2, 0) is 22.7 Å². The Bertz CT molecular complexity index is 1330. The van der Waals surface area contributed by atoms with Crippen molar-refractivity contribution >= 4 is 29.0 Å². The molecule has 0 aliphatic rings. The van der Waals surface area contributed by atoms with E-state index in [9.17, 15) is 18.0 Å². The second kappa shape index (κ2) is 11.2. The van der Waals surface area contributed by atoms with Crippen LogP contribution < -0.4 is 6.15 Å². The zero-order chi connectivity index (χ0) is 24.1. The molecule has 0 saturated heterocycles. The molecule has 7 nitrogen and oxygen atoms in total. The van der Waals surface area contributed by atoms with Gasteiger partial charge in [0.2, 0.25) is 0 Å². The van der Waals surface area contributed by atoms with Crippen molar-refractivity contribution in [2.24, 2.45) is 5.16 Å². The van der Waals surface area contributed by atoms with Gasteiger partial charge < -0.3 is 11.0 Å². The predicted molar refractivity (Wildman–Crippen MR) is 129 cm³/mol. The number of nitrogens with zero attached hydrogens (tertiary/aromatic N) is 4. The molecule has 0 spiro atoms. The van der Waals surface area contributed by atoms with E-state index in [1.807, 2.05) is 41.1 Å². The van der Waals surface area contributed by atoms with E-state index < -0.39 is 24.8 Å². The monoisotopic (exact) mass is 503 g/mol. The zero-order valence-electron chi connectivity index (χ0n) is 19.0. The molecule has 1 aromatic carbocycles. The van der Waals surface area contributed by atoms with E-state index in [2.05, 4.69) is 15.1 Å². The van der Waals surface area contributed by atoms with Gasteiger partial charge in [-0.05, 0) is 30.7 Å². The largest absolute Gasteiger partial charge is 0.389 e. The first-order valence-electron chi connectivity index (χ1n) is 10.5. The molecule has 35 heavy (non-hydrogen) atoms. The number of ketones is 1. The van der Waals surface area contributed by atoms with E-state index in [4.69, 9.17) is 4.84 Å². The average Bonchev–Trinajstić information content (AvgIpc) is 3.40. The van der Waals surface area contributed by atoms with Crippen LogP contribution in [-0.4, -0.2) is 32.5 Å². The summed E-state index contributed by atoms with van der Waals surface area (Å²) in [5, 5.41) is 6.89. The normalized spacial score (nSPS) is 11.7. The number of pyridine rings is 1. The third-order valence-corrected chi connectivity index (χ3v) is 5.83. The molecule has 3 heterocycles. The van der Waals surface area contributed by atoms with Crippen molar-refractivity contribution in [2.75, 3.05) is 0 Å². The van der Waals surface area contributed by atoms with Crippen molar-refractivity contribution in [3.63, 3.8) is 0 Å². The Morgan fingerprint density at radius 3 is 2.83 bits per heavy atom. The summed E-state index contributed by atoms with van der Waals surface area (Å²) in [5.74, 6) is -0.441. The highest BCUT2D eigenvalue weighted by Crippen LogP contribution is 2.24. The molecule has 0 aliphatic heterocycles. The predicted octanol–water partition coefficient (Wildman–Crippen LogP) is 5.93. The number of halogens is 3. The number of aromatic nitrogens is 3. The number of benzene rings is 1. The molecule has 3 aromatic heterocycles. The maximum atomic E-state index is 12.4. The Kier molecular flexibility index (Phi) is 8.36. The van der Waals surface area contributed by atoms with Crippen molar-refractivity contribution in [3.8, 4) is 11.3 Å². The molecule has 4 rings (SSSR count). The summed E-state index contributed by atoms with van der Waals surface area (Å²) in [6.07, 6.45) is -0.820. The maximum absolute atomic E-state index is 12.4. The van der Waals surface area contributed by atoms with Crippen LogP contribution in [0, 0.1) is 6.92 Å². The van der Waals surface area contributed by atoms with Crippen molar-refractivity contribution in [1.82, 2.24) is 20.5 Å². The van der Waals surface area contributed by atoms with Gasteiger partial charge in [0.05, 0.1) is 35.2 Å². The van der Waals surface area contributed by atoms with Crippen LogP contribution in [0.25, 0.3) is 16.9 Å². The SMILES string of the molecule is Cc1nc(CON=Cc2ccn3c(-c4cccc(CC(=O)CCC(F)(F)F)c4)cnc3c2)cs1.N. The number of hydrogen-bond donors (Lipinski definition) is 1. The van der Waals surface area contributed by atoms with Gasteiger partial charge in [-0.3, -0.25) is 9.20 Å². The molecule has 0 fully saturated rings. The van der Waals surface area contributed by atoms with Crippen LogP contribution in [0.15, 0.2) is 59.3 Å². The Labute approximate surface area is 203 Å². The van der Waals surface area contributed by atoms with Gasteiger partial charge in [0.25, 0.3) is 0 Å². The lowest BCUT2D eigenvalue weighted by Crippen LogP contribution is -2.12. The molecule has 0 saturated carbocycles. The van der Waals surface area contributed by atoms with Crippen LogP contribution >= 0.6 is 11.3 Å². The number of aryl methyl sites for hydroxylation is 1.